The number of nitrogens with one attached hydrogen (secondary N) is 1. The van der Waals surface area contributed by atoms with E-state index in [9.17, 15) is 4.79 Å². The van der Waals surface area contributed by atoms with Gasteiger partial charge in [-0.1, -0.05) is 19.1 Å². The zero-order valence-electron chi connectivity index (χ0n) is 12.4. The van der Waals surface area contributed by atoms with Gasteiger partial charge in [0.2, 0.25) is 0 Å². The number of cyclic esters (lactones) is 1. The second kappa shape index (κ2) is 6.75. The van der Waals surface area contributed by atoms with Gasteiger partial charge in [-0.3, -0.25) is 0 Å². The molecule has 110 valence electrons. The summed E-state index contributed by atoms with van der Waals surface area (Å²) < 4.78 is 10.6. The monoisotopic (exact) mass is 277 g/mol. The highest BCUT2D eigenvalue weighted by molar-refractivity contribution is 5.76. The molecule has 0 aliphatic carbocycles. The third-order valence-electron chi connectivity index (χ3n) is 3.56. The van der Waals surface area contributed by atoms with Crippen LogP contribution in [-0.4, -0.2) is 25.2 Å². The van der Waals surface area contributed by atoms with Gasteiger partial charge in [0.25, 0.3) is 0 Å². The van der Waals surface area contributed by atoms with E-state index in [4.69, 9.17) is 9.47 Å². The summed E-state index contributed by atoms with van der Waals surface area (Å²) in [5.74, 6) is 0.506. The first-order valence-corrected chi connectivity index (χ1v) is 7.29. The third-order valence-corrected chi connectivity index (χ3v) is 3.56. The van der Waals surface area contributed by atoms with Crippen LogP contribution in [0.25, 0.3) is 0 Å². The highest BCUT2D eigenvalue weighted by atomic mass is 16.6. The van der Waals surface area contributed by atoms with Crippen molar-refractivity contribution >= 4 is 5.97 Å². The lowest BCUT2D eigenvalue weighted by Crippen LogP contribution is -2.22. The second-order valence-corrected chi connectivity index (χ2v) is 5.26. The van der Waals surface area contributed by atoms with Gasteiger partial charge in [0, 0.05) is 12.5 Å². The summed E-state index contributed by atoms with van der Waals surface area (Å²) in [6.07, 6.45) is 1.30. The van der Waals surface area contributed by atoms with Crippen LogP contribution in [0.5, 0.6) is 5.75 Å². The molecule has 1 aromatic rings. The van der Waals surface area contributed by atoms with Gasteiger partial charge in [-0.15, -0.1) is 0 Å². The lowest BCUT2D eigenvalue weighted by molar-refractivity contribution is -0.143. The van der Waals surface area contributed by atoms with Gasteiger partial charge in [0.15, 0.2) is 6.10 Å². The first-order valence-electron chi connectivity index (χ1n) is 7.29. The van der Waals surface area contributed by atoms with Gasteiger partial charge in [0.1, 0.15) is 5.75 Å². The predicted octanol–water partition coefficient (Wildman–Crippen LogP) is 2.75. The lowest BCUT2D eigenvalue weighted by Gasteiger charge is -2.17. The number of aryl methyl sites for hydroxylation is 1. The zero-order chi connectivity index (χ0) is 14.5. The number of rotatable bonds is 6. The Morgan fingerprint density at radius 2 is 2.30 bits per heavy atom. The molecule has 4 heteroatoms. The molecule has 0 saturated carbocycles. The quantitative estimate of drug-likeness (QED) is 0.812. The first-order chi connectivity index (χ1) is 9.61. The molecule has 0 aromatic heterocycles. The van der Waals surface area contributed by atoms with Crippen molar-refractivity contribution < 1.29 is 14.3 Å². The number of carbonyl (C=O) groups is 1. The molecule has 1 saturated heterocycles. The number of benzene rings is 1. The number of esters is 1. The zero-order valence-corrected chi connectivity index (χ0v) is 12.4. The molecule has 2 unspecified atom stereocenters. The van der Waals surface area contributed by atoms with Crippen LogP contribution in [0.1, 0.15) is 43.9 Å². The van der Waals surface area contributed by atoms with E-state index >= 15 is 0 Å². The maximum absolute atomic E-state index is 11.4. The van der Waals surface area contributed by atoms with E-state index in [1.165, 1.54) is 5.56 Å². The fourth-order valence-electron chi connectivity index (χ4n) is 2.29. The Morgan fingerprint density at radius 3 is 2.90 bits per heavy atom. The van der Waals surface area contributed by atoms with Gasteiger partial charge in [-0.25, -0.2) is 4.79 Å². The summed E-state index contributed by atoms with van der Waals surface area (Å²) in [7, 11) is 0. The van der Waals surface area contributed by atoms with Crippen LogP contribution in [0.3, 0.4) is 0 Å². The lowest BCUT2D eigenvalue weighted by atomic mass is 10.0. The van der Waals surface area contributed by atoms with Crippen LogP contribution >= 0.6 is 0 Å². The Kier molecular flexibility index (Phi) is 5.01. The predicted molar refractivity (Wildman–Crippen MR) is 77.9 cm³/mol. The molecule has 0 bridgehead atoms. The SMILES string of the molecule is CCCNC(C)c1ccc(OC2CCOC2=O)c(C)c1. The minimum absolute atomic E-state index is 0.258. The normalized spacial score (nSPS) is 19.8. The third kappa shape index (κ3) is 3.51. The van der Waals surface area contributed by atoms with E-state index in [2.05, 4.69) is 31.3 Å². The van der Waals surface area contributed by atoms with Crippen molar-refractivity contribution in [1.29, 1.82) is 0 Å². The molecule has 1 N–H and O–H groups in total. The highest BCUT2D eigenvalue weighted by Gasteiger charge is 2.28. The molecule has 0 amide bonds. The smallest absolute Gasteiger partial charge is 0.347 e. The van der Waals surface area contributed by atoms with Crippen molar-refractivity contribution in [2.75, 3.05) is 13.2 Å². The summed E-state index contributed by atoms with van der Waals surface area (Å²) in [6, 6.07) is 6.43. The molecule has 20 heavy (non-hydrogen) atoms. The summed E-state index contributed by atoms with van der Waals surface area (Å²) in [5.41, 5.74) is 2.28. The Morgan fingerprint density at radius 1 is 1.50 bits per heavy atom. The largest absolute Gasteiger partial charge is 0.478 e. The molecular weight excluding hydrogens is 254 g/mol. The Balaban J connectivity index is 2.03. The Labute approximate surface area is 120 Å². The van der Waals surface area contributed by atoms with E-state index in [1.807, 2.05) is 13.0 Å². The van der Waals surface area contributed by atoms with Crippen molar-refractivity contribution in [3.05, 3.63) is 29.3 Å². The topological polar surface area (TPSA) is 47.6 Å². The number of carbonyl (C=O) groups excluding carboxylic acids is 1. The average Bonchev–Trinajstić information content (AvgIpc) is 2.84. The Bertz CT molecular complexity index is 473. The standard InChI is InChI=1S/C16H23NO3/c1-4-8-17-12(3)13-5-6-14(11(2)10-13)20-15-7-9-19-16(15)18/h5-6,10,12,15,17H,4,7-9H2,1-3H3. The average molecular weight is 277 g/mol. The van der Waals surface area contributed by atoms with Crippen LogP contribution in [0.15, 0.2) is 18.2 Å². The maximum atomic E-state index is 11.4. The molecular formula is C16H23NO3. The molecule has 0 spiro atoms. The highest BCUT2D eigenvalue weighted by Crippen LogP contribution is 2.25. The van der Waals surface area contributed by atoms with E-state index in [1.54, 1.807) is 0 Å². The van der Waals surface area contributed by atoms with E-state index in [-0.39, 0.29) is 5.97 Å². The van der Waals surface area contributed by atoms with Crippen molar-refractivity contribution in [1.82, 2.24) is 5.32 Å². The van der Waals surface area contributed by atoms with Crippen LogP contribution in [0, 0.1) is 6.92 Å². The molecule has 1 aromatic carbocycles. The summed E-state index contributed by atoms with van der Waals surface area (Å²) in [4.78, 5) is 11.4. The van der Waals surface area contributed by atoms with E-state index in [0.29, 0.717) is 19.1 Å². The van der Waals surface area contributed by atoms with Gasteiger partial charge in [-0.05, 0) is 44.0 Å². The van der Waals surface area contributed by atoms with Crippen LogP contribution < -0.4 is 10.1 Å². The maximum Gasteiger partial charge on any atom is 0.347 e. The molecule has 0 radical (unpaired) electrons. The van der Waals surface area contributed by atoms with Gasteiger partial charge in [-0.2, -0.15) is 0 Å². The van der Waals surface area contributed by atoms with Crippen LogP contribution in [0.4, 0.5) is 0 Å². The number of ether oxygens (including phenoxy) is 2. The molecule has 2 atom stereocenters. The summed E-state index contributed by atoms with van der Waals surface area (Å²) in [5, 5.41) is 3.46. The van der Waals surface area contributed by atoms with Gasteiger partial charge < -0.3 is 14.8 Å². The summed E-state index contributed by atoms with van der Waals surface area (Å²) in [6.45, 7) is 7.78. The first kappa shape index (κ1) is 14.9. The van der Waals surface area contributed by atoms with Crippen molar-refractivity contribution in [2.24, 2.45) is 0 Å². The van der Waals surface area contributed by atoms with Crippen LogP contribution in [0.2, 0.25) is 0 Å². The fourth-order valence-corrected chi connectivity index (χ4v) is 2.29. The molecule has 1 aliphatic rings. The summed E-state index contributed by atoms with van der Waals surface area (Å²) >= 11 is 0. The second-order valence-electron chi connectivity index (χ2n) is 5.26. The molecule has 1 fully saturated rings. The molecule has 1 aliphatic heterocycles. The van der Waals surface area contributed by atoms with Crippen molar-refractivity contribution in [3.8, 4) is 5.75 Å². The molecule has 1 heterocycles. The van der Waals surface area contributed by atoms with Gasteiger partial charge >= 0.3 is 5.97 Å². The van der Waals surface area contributed by atoms with Crippen molar-refractivity contribution in [2.45, 2.75) is 45.8 Å². The molecule has 2 rings (SSSR count). The minimum Gasteiger partial charge on any atom is -0.478 e. The van der Waals surface area contributed by atoms with E-state index < -0.39 is 6.10 Å². The number of hydrogen-bond donors (Lipinski definition) is 1. The molecule has 4 nitrogen and oxygen atoms in total. The number of hydrogen-bond acceptors (Lipinski definition) is 4. The van der Waals surface area contributed by atoms with Crippen molar-refractivity contribution in [3.63, 3.8) is 0 Å². The minimum atomic E-state index is -0.449. The van der Waals surface area contributed by atoms with Crippen LogP contribution in [-0.2, 0) is 9.53 Å². The van der Waals surface area contributed by atoms with Gasteiger partial charge in [0.05, 0.1) is 6.61 Å². The fraction of sp³-hybridized carbons (Fsp3) is 0.562. The Hall–Kier alpha value is -1.55. The van der Waals surface area contributed by atoms with E-state index in [0.717, 1.165) is 24.3 Å².